The lowest BCUT2D eigenvalue weighted by atomic mass is 9.87. The number of methoxy groups -OCH3 is 1. The van der Waals surface area contributed by atoms with Gasteiger partial charge in [0.25, 0.3) is 0 Å². The van der Waals surface area contributed by atoms with Crippen molar-refractivity contribution in [2.24, 2.45) is 5.92 Å². The van der Waals surface area contributed by atoms with Crippen LogP contribution in [0.2, 0.25) is 0 Å². The van der Waals surface area contributed by atoms with Gasteiger partial charge < -0.3 is 4.74 Å². The molecule has 1 aliphatic rings. The van der Waals surface area contributed by atoms with Gasteiger partial charge in [0, 0.05) is 6.42 Å². The van der Waals surface area contributed by atoms with Crippen LogP contribution in [-0.4, -0.2) is 13.1 Å². The molecular formula is C13H22O2. The summed E-state index contributed by atoms with van der Waals surface area (Å²) in [6.07, 6.45) is 10.5. The third-order valence-corrected chi connectivity index (χ3v) is 3.12. The monoisotopic (exact) mass is 210 g/mol. The Bertz CT molecular complexity index is 225. The van der Waals surface area contributed by atoms with Gasteiger partial charge >= 0.3 is 5.97 Å². The van der Waals surface area contributed by atoms with E-state index in [2.05, 4.69) is 17.7 Å². The summed E-state index contributed by atoms with van der Waals surface area (Å²) in [5.41, 5.74) is 1.34. The zero-order valence-corrected chi connectivity index (χ0v) is 9.92. The molecule has 0 bridgehead atoms. The minimum absolute atomic E-state index is 0.105. The predicted molar refractivity (Wildman–Crippen MR) is 61.6 cm³/mol. The van der Waals surface area contributed by atoms with E-state index >= 15 is 0 Å². The lowest BCUT2D eigenvalue weighted by molar-refractivity contribution is -0.140. The molecule has 1 saturated carbocycles. The molecular weight excluding hydrogens is 188 g/mol. The molecule has 0 unspecified atom stereocenters. The number of ether oxygens (including phenoxy) is 1. The van der Waals surface area contributed by atoms with Gasteiger partial charge in [0.1, 0.15) is 0 Å². The highest BCUT2D eigenvalue weighted by molar-refractivity contribution is 5.69. The van der Waals surface area contributed by atoms with Crippen LogP contribution >= 0.6 is 0 Å². The molecule has 1 rings (SSSR count). The number of carbonyl (C=O) groups excluding carboxylic acids is 1. The highest BCUT2D eigenvalue weighted by atomic mass is 16.5. The van der Waals surface area contributed by atoms with Crippen molar-refractivity contribution in [3.63, 3.8) is 0 Å². The maximum atomic E-state index is 11.0. The second-order valence-corrected chi connectivity index (χ2v) is 4.49. The highest BCUT2D eigenvalue weighted by Gasteiger charge is 2.11. The first kappa shape index (κ1) is 12.3. The molecule has 0 aromatic carbocycles. The van der Waals surface area contributed by atoms with Crippen molar-refractivity contribution in [3.05, 3.63) is 11.6 Å². The smallest absolute Gasteiger partial charge is 0.305 e. The van der Waals surface area contributed by atoms with Crippen molar-refractivity contribution >= 4 is 5.97 Å². The lowest BCUT2D eigenvalue weighted by Gasteiger charge is -2.18. The summed E-state index contributed by atoms with van der Waals surface area (Å²) in [7, 11) is 1.45. The van der Waals surface area contributed by atoms with Gasteiger partial charge in [-0.3, -0.25) is 4.79 Å². The summed E-state index contributed by atoms with van der Waals surface area (Å²) in [6, 6.07) is 0. The Kier molecular flexibility index (Phi) is 5.44. The first-order chi connectivity index (χ1) is 7.22. The van der Waals surface area contributed by atoms with E-state index < -0.39 is 0 Å². The van der Waals surface area contributed by atoms with Gasteiger partial charge in [-0.05, 0) is 32.1 Å². The Morgan fingerprint density at radius 1 is 1.27 bits per heavy atom. The molecule has 0 radical (unpaired) electrons. The van der Waals surface area contributed by atoms with Gasteiger partial charge in [-0.1, -0.05) is 30.9 Å². The van der Waals surface area contributed by atoms with Crippen molar-refractivity contribution < 1.29 is 9.53 Å². The van der Waals surface area contributed by atoms with Gasteiger partial charge in [-0.2, -0.15) is 0 Å². The summed E-state index contributed by atoms with van der Waals surface area (Å²) in [6.45, 7) is 2.12. The fourth-order valence-corrected chi connectivity index (χ4v) is 2.19. The molecule has 1 aliphatic carbocycles. The van der Waals surface area contributed by atoms with Crippen molar-refractivity contribution in [2.45, 2.75) is 51.9 Å². The molecule has 1 fully saturated rings. The maximum absolute atomic E-state index is 11.0. The Morgan fingerprint density at radius 3 is 2.53 bits per heavy atom. The number of rotatable bonds is 4. The normalized spacial score (nSPS) is 18.9. The molecule has 2 heteroatoms. The summed E-state index contributed by atoms with van der Waals surface area (Å²) >= 11 is 0. The van der Waals surface area contributed by atoms with E-state index in [-0.39, 0.29) is 5.97 Å². The van der Waals surface area contributed by atoms with Gasteiger partial charge in [-0.15, -0.1) is 0 Å². The first-order valence-electron chi connectivity index (χ1n) is 5.96. The summed E-state index contributed by atoms with van der Waals surface area (Å²) in [4.78, 5) is 11.0. The largest absolute Gasteiger partial charge is 0.469 e. The second kappa shape index (κ2) is 6.65. The number of esters is 1. The van der Waals surface area contributed by atoms with E-state index in [4.69, 9.17) is 0 Å². The fraction of sp³-hybridized carbons (Fsp3) is 0.769. The summed E-state index contributed by atoms with van der Waals surface area (Å²) < 4.78 is 4.62. The van der Waals surface area contributed by atoms with Gasteiger partial charge in [-0.25, -0.2) is 0 Å². The zero-order chi connectivity index (χ0) is 11.1. The van der Waals surface area contributed by atoms with E-state index in [1.54, 1.807) is 0 Å². The molecule has 15 heavy (non-hydrogen) atoms. The van der Waals surface area contributed by atoms with Crippen LogP contribution in [0.1, 0.15) is 51.9 Å². The SMILES string of the molecule is COC(=O)CCC(C)=CC1CCCCC1. The minimum atomic E-state index is -0.105. The van der Waals surface area contributed by atoms with Crippen LogP contribution in [0.25, 0.3) is 0 Å². The highest BCUT2D eigenvalue weighted by Crippen LogP contribution is 2.26. The van der Waals surface area contributed by atoms with Crippen LogP contribution in [0.5, 0.6) is 0 Å². The third kappa shape index (κ3) is 5.01. The maximum Gasteiger partial charge on any atom is 0.305 e. The number of allylic oxidation sites excluding steroid dienone is 2. The Balaban J connectivity index is 2.27. The van der Waals surface area contributed by atoms with Crippen molar-refractivity contribution in [1.29, 1.82) is 0 Å². The van der Waals surface area contributed by atoms with Crippen LogP contribution in [-0.2, 0) is 9.53 Å². The topological polar surface area (TPSA) is 26.3 Å². The van der Waals surface area contributed by atoms with Crippen molar-refractivity contribution in [1.82, 2.24) is 0 Å². The minimum Gasteiger partial charge on any atom is -0.469 e. The average molecular weight is 210 g/mol. The van der Waals surface area contributed by atoms with E-state index in [0.717, 1.165) is 12.3 Å². The van der Waals surface area contributed by atoms with Crippen LogP contribution < -0.4 is 0 Å². The molecule has 0 aromatic rings. The van der Waals surface area contributed by atoms with Gasteiger partial charge in [0.05, 0.1) is 7.11 Å². The molecule has 2 nitrogen and oxygen atoms in total. The average Bonchev–Trinajstić information content (AvgIpc) is 2.27. The van der Waals surface area contributed by atoms with E-state index in [1.165, 1.54) is 44.8 Å². The van der Waals surface area contributed by atoms with Crippen molar-refractivity contribution in [2.75, 3.05) is 7.11 Å². The molecule has 0 amide bonds. The molecule has 0 spiro atoms. The Morgan fingerprint density at radius 2 is 1.93 bits per heavy atom. The molecule has 0 heterocycles. The van der Waals surface area contributed by atoms with E-state index in [9.17, 15) is 4.79 Å². The van der Waals surface area contributed by atoms with Crippen LogP contribution in [0.3, 0.4) is 0 Å². The number of carbonyl (C=O) groups is 1. The van der Waals surface area contributed by atoms with Gasteiger partial charge in [0.2, 0.25) is 0 Å². The molecule has 0 N–H and O–H groups in total. The molecule has 0 saturated heterocycles. The molecule has 0 aromatic heterocycles. The van der Waals surface area contributed by atoms with Crippen LogP contribution in [0, 0.1) is 5.92 Å². The zero-order valence-electron chi connectivity index (χ0n) is 9.92. The molecule has 0 aliphatic heterocycles. The van der Waals surface area contributed by atoms with Gasteiger partial charge in [0.15, 0.2) is 0 Å². The number of hydrogen-bond donors (Lipinski definition) is 0. The number of hydrogen-bond acceptors (Lipinski definition) is 2. The predicted octanol–water partition coefficient (Wildman–Crippen LogP) is 3.47. The lowest BCUT2D eigenvalue weighted by Crippen LogP contribution is -2.04. The van der Waals surface area contributed by atoms with Crippen LogP contribution in [0.4, 0.5) is 0 Å². The van der Waals surface area contributed by atoms with Crippen LogP contribution in [0.15, 0.2) is 11.6 Å². The second-order valence-electron chi connectivity index (χ2n) is 4.49. The van der Waals surface area contributed by atoms with E-state index in [1.807, 2.05) is 0 Å². The fourth-order valence-electron chi connectivity index (χ4n) is 2.19. The first-order valence-corrected chi connectivity index (χ1v) is 5.96. The quantitative estimate of drug-likeness (QED) is 0.524. The van der Waals surface area contributed by atoms with E-state index in [0.29, 0.717) is 6.42 Å². The summed E-state index contributed by atoms with van der Waals surface area (Å²) in [5.74, 6) is 0.655. The molecule has 86 valence electrons. The summed E-state index contributed by atoms with van der Waals surface area (Å²) in [5, 5.41) is 0. The Hall–Kier alpha value is -0.790. The third-order valence-electron chi connectivity index (χ3n) is 3.12. The standard InChI is InChI=1S/C13H22O2/c1-11(8-9-13(14)15-2)10-12-6-4-3-5-7-12/h10,12H,3-9H2,1-2H3. The Labute approximate surface area is 92.7 Å². The van der Waals surface area contributed by atoms with Crippen molar-refractivity contribution in [3.8, 4) is 0 Å². The molecule has 0 atom stereocenters.